The number of hydrogen-bond acceptors (Lipinski definition) is 14. The molecule has 0 spiro atoms. The van der Waals surface area contributed by atoms with Crippen LogP contribution in [0.3, 0.4) is 0 Å². The lowest BCUT2D eigenvalue weighted by Crippen LogP contribution is -2.64. The zero-order valence-corrected chi connectivity index (χ0v) is 22.0. The summed E-state index contributed by atoms with van der Waals surface area (Å²) >= 11 is 0. The molecule has 1 aliphatic rings. The molecule has 1 aromatic carbocycles. The first-order valence-corrected chi connectivity index (χ1v) is 11.4. The zero-order chi connectivity index (χ0) is 29.3. The molecule has 1 fully saturated rings. The van der Waals surface area contributed by atoms with Crippen molar-refractivity contribution in [2.75, 3.05) is 14.2 Å². The van der Waals surface area contributed by atoms with Gasteiger partial charge in [0.25, 0.3) is 0 Å². The minimum atomic E-state index is -1.68. The van der Waals surface area contributed by atoms with Gasteiger partial charge in [0.2, 0.25) is 12.4 Å². The Balaban J connectivity index is 2.58. The van der Waals surface area contributed by atoms with Crippen LogP contribution in [-0.2, 0) is 57.2 Å². The molecule has 5 atom stereocenters. The van der Waals surface area contributed by atoms with Gasteiger partial charge in [-0.05, 0) is 23.8 Å². The van der Waals surface area contributed by atoms with Crippen LogP contribution in [-0.4, -0.2) is 80.7 Å². The highest BCUT2D eigenvalue weighted by Crippen LogP contribution is 2.35. The van der Waals surface area contributed by atoms with E-state index in [0.717, 1.165) is 40.9 Å². The molecule has 5 unspecified atom stereocenters. The van der Waals surface area contributed by atoms with E-state index in [0.29, 0.717) is 5.56 Å². The van der Waals surface area contributed by atoms with Gasteiger partial charge in [-0.15, -0.1) is 0 Å². The van der Waals surface area contributed by atoms with Crippen LogP contribution in [0.15, 0.2) is 24.3 Å². The Kier molecular flexibility index (Phi) is 11.0. The lowest BCUT2D eigenvalue weighted by atomic mass is 9.97. The maximum absolute atomic E-state index is 12.6. The molecule has 1 heterocycles. The fourth-order valence-electron chi connectivity index (χ4n) is 3.49. The Labute approximate surface area is 223 Å². The van der Waals surface area contributed by atoms with Crippen LogP contribution in [0.2, 0.25) is 0 Å². The molecular weight excluding hydrogens is 524 g/mol. The molecule has 1 aliphatic heterocycles. The van der Waals surface area contributed by atoms with E-state index in [1.54, 1.807) is 0 Å². The predicted molar refractivity (Wildman–Crippen MR) is 127 cm³/mol. The van der Waals surface area contributed by atoms with Crippen molar-refractivity contribution >= 4 is 41.9 Å². The van der Waals surface area contributed by atoms with Gasteiger partial charge >= 0.3 is 35.8 Å². The summed E-state index contributed by atoms with van der Waals surface area (Å²) in [5.41, 5.74) is 0.408. The van der Waals surface area contributed by atoms with Crippen LogP contribution in [0.5, 0.6) is 11.5 Å². The molecule has 2 rings (SSSR count). The largest absolute Gasteiger partial charge is 0.467 e. The average Bonchev–Trinajstić information content (AvgIpc) is 2.85. The van der Waals surface area contributed by atoms with E-state index in [2.05, 4.69) is 4.74 Å². The number of ether oxygens (including phenoxy) is 8. The molecule has 0 N–H and O–H groups in total. The van der Waals surface area contributed by atoms with Crippen LogP contribution in [0.4, 0.5) is 0 Å². The Morgan fingerprint density at radius 2 is 1.33 bits per heavy atom. The minimum Gasteiger partial charge on any atom is -0.467 e. The second-order valence-electron chi connectivity index (χ2n) is 7.94. The van der Waals surface area contributed by atoms with Crippen molar-refractivity contribution in [1.82, 2.24) is 0 Å². The molecular formula is C25H28O14. The number of esters is 6. The lowest BCUT2D eigenvalue weighted by Gasteiger charge is -2.43. The molecule has 14 heteroatoms. The summed E-state index contributed by atoms with van der Waals surface area (Å²) in [6, 6.07) is 4.17. The molecule has 0 saturated carbocycles. The number of carbonyl (C=O) groups excluding carboxylic acids is 6. The van der Waals surface area contributed by atoms with E-state index in [1.807, 2.05) is 0 Å². The highest BCUT2D eigenvalue weighted by atomic mass is 16.7. The Bertz CT molecular complexity index is 1140. The summed E-state index contributed by atoms with van der Waals surface area (Å²) < 4.78 is 41.9. The third kappa shape index (κ3) is 8.81. The Morgan fingerprint density at radius 1 is 0.744 bits per heavy atom. The highest BCUT2D eigenvalue weighted by molar-refractivity contribution is 5.87. The van der Waals surface area contributed by atoms with Gasteiger partial charge in [0, 0.05) is 33.8 Å². The van der Waals surface area contributed by atoms with Gasteiger partial charge in [-0.1, -0.05) is 6.07 Å². The quantitative estimate of drug-likeness (QED) is 0.182. The van der Waals surface area contributed by atoms with Gasteiger partial charge in [-0.2, -0.15) is 0 Å². The first-order chi connectivity index (χ1) is 18.4. The molecule has 0 amide bonds. The third-order valence-electron chi connectivity index (χ3n) is 4.91. The van der Waals surface area contributed by atoms with Crippen LogP contribution >= 0.6 is 0 Å². The first kappa shape index (κ1) is 30.8. The number of hydrogen-bond donors (Lipinski definition) is 0. The fraction of sp³-hybridized carbons (Fsp3) is 0.440. The van der Waals surface area contributed by atoms with Gasteiger partial charge in [0.05, 0.1) is 14.2 Å². The average molecular weight is 552 g/mol. The summed E-state index contributed by atoms with van der Waals surface area (Å²) in [5.74, 6) is -5.21. The van der Waals surface area contributed by atoms with Crippen LogP contribution in [0, 0.1) is 0 Å². The van der Waals surface area contributed by atoms with Crippen molar-refractivity contribution in [2.24, 2.45) is 0 Å². The number of rotatable bonds is 9. The molecule has 39 heavy (non-hydrogen) atoms. The zero-order valence-electron chi connectivity index (χ0n) is 22.0. The first-order valence-electron chi connectivity index (χ1n) is 11.4. The van der Waals surface area contributed by atoms with Gasteiger partial charge in [0.1, 0.15) is 0 Å². The summed E-state index contributed by atoms with van der Waals surface area (Å²) in [6.07, 6.45) is -5.55. The van der Waals surface area contributed by atoms with Gasteiger partial charge in [-0.3, -0.25) is 19.2 Å². The van der Waals surface area contributed by atoms with Crippen molar-refractivity contribution in [3.8, 4) is 11.5 Å². The Hall–Kier alpha value is -4.46. The second-order valence-corrected chi connectivity index (χ2v) is 7.94. The smallest absolute Gasteiger partial charge is 0.339 e. The van der Waals surface area contributed by atoms with Crippen LogP contribution < -0.4 is 9.47 Å². The number of methoxy groups -OCH3 is 2. The van der Waals surface area contributed by atoms with E-state index in [4.69, 9.17) is 33.2 Å². The molecule has 0 radical (unpaired) electrons. The topological polar surface area (TPSA) is 176 Å². The normalized spacial score (nSPS) is 22.3. The summed E-state index contributed by atoms with van der Waals surface area (Å²) in [7, 11) is 2.25. The van der Waals surface area contributed by atoms with Gasteiger partial charge < -0.3 is 37.9 Å². The Morgan fingerprint density at radius 3 is 1.87 bits per heavy atom. The molecule has 0 bridgehead atoms. The van der Waals surface area contributed by atoms with Crippen LogP contribution in [0.1, 0.15) is 33.3 Å². The van der Waals surface area contributed by atoms with Gasteiger partial charge in [0.15, 0.2) is 29.8 Å². The maximum Gasteiger partial charge on any atom is 0.339 e. The summed E-state index contributed by atoms with van der Waals surface area (Å²) in [4.78, 5) is 71.4. The molecule has 1 aromatic rings. The maximum atomic E-state index is 12.6. The molecule has 212 valence electrons. The van der Waals surface area contributed by atoms with Crippen molar-refractivity contribution in [1.29, 1.82) is 0 Å². The highest BCUT2D eigenvalue weighted by Gasteiger charge is 2.56. The van der Waals surface area contributed by atoms with Crippen molar-refractivity contribution in [3.63, 3.8) is 0 Å². The number of carbonyl (C=O) groups is 6. The summed E-state index contributed by atoms with van der Waals surface area (Å²) in [5, 5.41) is 0. The van der Waals surface area contributed by atoms with Crippen molar-refractivity contribution in [2.45, 2.75) is 58.4 Å². The summed E-state index contributed by atoms with van der Waals surface area (Å²) in [6.45, 7) is 4.28. The predicted octanol–water partition coefficient (Wildman–Crippen LogP) is 0.870. The van der Waals surface area contributed by atoms with E-state index in [-0.39, 0.29) is 11.5 Å². The van der Waals surface area contributed by atoms with Crippen molar-refractivity contribution in [3.05, 3.63) is 29.8 Å². The van der Waals surface area contributed by atoms with E-state index >= 15 is 0 Å². The number of benzene rings is 1. The SMILES string of the molecule is COC(=O)/C=C/c1ccc(OC2OC(C(=O)OC)C(OC(C)=O)C(OC(C)=O)C2OC(C)=O)c(OC(C)=O)c1. The van der Waals surface area contributed by atoms with Crippen molar-refractivity contribution < 1.29 is 66.7 Å². The van der Waals surface area contributed by atoms with E-state index in [9.17, 15) is 28.8 Å². The minimum absolute atomic E-state index is 0.126. The molecule has 1 saturated heterocycles. The molecule has 14 nitrogen and oxygen atoms in total. The van der Waals surface area contributed by atoms with Crippen LogP contribution in [0.25, 0.3) is 6.08 Å². The lowest BCUT2D eigenvalue weighted by molar-refractivity contribution is -0.282. The van der Waals surface area contributed by atoms with E-state index < -0.39 is 66.5 Å². The fourth-order valence-corrected chi connectivity index (χ4v) is 3.49. The molecule has 0 aromatic heterocycles. The monoisotopic (exact) mass is 552 g/mol. The standard InChI is InChI=1S/C25H28O14/c1-12(26)34-18-11-16(8-10-19(30)32-5)7-9-17(18)38-25-23(37-15(4)29)21(36-14(3)28)20(35-13(2)27)22(39-25)24(31)33-6/h7-11,20-23,25H,1-6H3/b10-8+. The third-order valence-corrected chi connectivity index (χ3v) is 4.91. The van der Waals surface area contributed by atoms with Gasteiger partial charge in [-0.25, -0.2) is 9.59 Å². The second kappa shape index (κ2) is 13.9. The van der Waals surface area contributed by atoms with E-state index in [1.165, 1.54) is 31.4 Å². The molecule has 0 aliphatic carbocycles.